The van der Waals surface area contributed by atoms with Gasteiger partial charge in [-0.1, -0.05) is 38.8 Å². The topological polar surface area (TPSA) is 20.2 Å². The minimum atomic E-state index is -0.378. The Hall–Kier alpha value is -0.300. The molecule has 1 heteroatoms. The van der Waals surface area contributed by atoms with E-state index in [1.807, 2.05) is 0 Å². The molecule has 3 aliphatic rings. The third-order valence-corrected chi connectivity index (χ3v) is 5.84. The molecule has 0 aromatic carbocycles. The van der Waals surface area contributed by atoms with E-state index >= 15 is 0 Å². The predicted molar refractivity (Wildman–Crippen MR) is 66.0 cm³/mol. The Morgan fingerprint density at radius 2 is 1.81 bits per heavy atom. The van der Waals surface area contributed by atoms with Gasteiger partial charge in [-0.2, -0.15) is 0 Å². The molecule has 0 radical (unpaired) electrons. The summed E-state index contributed by atoms with van der Waals surface area (Å²) in [6.07, 6.45) is 4.80. The average Bonchev–Trinajstić information content (AvgIpc) is 2.51. The number of fused-ring (bicyclic) bond motifs is 2. The van der Waals surface area contributed by atoms with Gasteiger partial charge in [-0.15, -0.1) is 0 Å². The zero-order valence-corrected chi connectivity index (χ0v) is 11.0. The van der Waals surface area contributed by atoms with E-state index in [1.165, 1.54) is 19.3 Å². The molecule has 0 heterocycles. The summed E-state index contributed by atoms with van der Waals surface area (Å²) in [6.45, 7) is 9.22. The van der Waals surface area contributed by atoms with E-state index in [9.17, 15) is 5.11 Å². The van der Waals surface area contributed by atoms with Crippen LogP contribution in [0.1, 0.15) is 53.4 Å². The lowest BCUT2D eigenvalue weighted by atomic mass is 9.88. The van der Waals surface area contributed by atoms with Crippen LogP contribution in [0.5, 0.6) is 0 Å². The van der Waals surface area contributed by atoms with Crippen molar-refractivity contribution in [1.29, 1.82) is 0 Å². The van der Waals surface area contributed by atoms with Crippen LogP contribution in [0.25, 0.3) is 0 Å². The Morgan fingerprint density at radius 3 is 2.50 bits per heavy atom. The Balaban J connectivity index is 2.07. The summed E-state index contributed by atoms with van der Waals surface area (Å²) >= 11 is 0. The first-order chi connectivity index (χ1) is 7.39. The Morgan fingerprint density at radius 1 is 1.12 bits per heavy atom. The lowest BCUT2D eigenvalue weighted by Gasteiger charge is -2.18. The van der Waals surface area contributed by atoms with Gasteiger partial charge in [-0.3, -0.25) is 0 Å². The molecular formula is C15H24O. The molecule has 3 rings (SSSR count). The fourth-order valence-electron chi connectivity index (χ4n) is 4.54. The van der Waals surface area contributed by atoms with Gasteiger partial charge in [0, 0.05) is 11.3 Å². The molecule has 0 aliphatic heterocycles. The van der Waals surface area contributed by atoms with Crippen LogP contribution in [-0.4, -0.2) is 10.7 Å². The number of rotatable bonds is 0. The summed E-state index contributed by atoms with van der Waals surface area (Å²) in [7, 11) is 0. The van der Waals surface area contributed by atoms with Crippen molar-refractivity contribution in [2.24, 2.45) is 23.2 Å². The number of aliphatic hydroxyl groups is 1. The maximum atomic E-state index is 10.8. The highest BCUT2D eigenvalue weighted by molar-refractivity contribution is 5.41. The van der Waals surface area contributed by atoms with Crippen molar-refractivity contribution in [3.05, 3.63) is 11.1 Å². The minimum absolute atomic E-state index is 0.131. The van der Waals surface area contributed by atoms with Crippen molar-refractivity contribution in [2.45, 2.75) is 59.0 Å². The van der Waals surface area contributed by atoms with Crippen LogP contribution in [-0.2, 0) is 0 Å². The van der Waals surface area contributed by atoms with Crippen LogP contribution in [0.15, 0.2) is 11.1 Å². The molecule has 0 spiro atoms. The third kappa shape index (κ3) is 1.06. The molecular weight excluding hydrogens is 196 g/mol. The second-order valence-electron chi connectivity index (χ2n) is 6.94. The molecule has 0 aromatic heterocycles. The van der Waals surface area contributed by atoms with Crippen molar-refractivity contribution in [3.63, 3.8) is 0 Å². The van der Waals surface area contributed by atoms with Gasteiger partial charge in [0.15, 0.2) is 0 Å². The van der Waals surface area contributed by atoms with Crippen molar-refractivity contribution in [1.82, 2.24) is 0 Å². The molecule has 0 aromatic rings. The third-order valence-electron chi connectivity index (χ3n) is 5.84. The highest BCUT2D eigenvalue weighted by Gasteiger charge is 2.72. The molecule has 0 bridgehead atoms. The fraction of sp³-hybridized carbons (Fsp3) is 0.867. The fourth-order valence-corrected chi connectivity index (χ4v) is 4.54. The van der Waals surface area contributed by atoms with Gasteiger partial charge in [-0.05, 0) is 37.5 Å². The van der Waals surface area contributed by atoms with E-state index in [2.05, 4.69) is 27.7 Å². The van der Waals surface area contributed by atoms with Crippen LogP contribution < -0.4 is 0 Å². The van der Waals surface area contributed by atoms with Crippen LogP contribution >= 0.6 is 0 Å². The molecule has 1 N–H and O–H groups in total. The summed E-state index contributed by atoms with van der Waals surface area (Å²) in [5, 5.41) is 10.8. The normalized spacial score (nSPS) is 49.7. The standard InChI is InChI=1S/C15H24O/c1-9-7-8-15(16)13(14(15,3)4)12-10(2)5-6-11(9)12/h9-10,13,16H,5-8H2,1-4H3. The molecule has 3 aliphatic carbocycles. The van der Waals surface area contributed by atoms with Crippen LogP contribution in [0.4, 0.5) is 0 Å². The summed E-state index contributed by atoms with van der Waals surface area (Å²) in [4.78, 5) is 0. The average molecular weight is 220 g/mol. The van der Waals surface area contributed by atoms with E-state index in [4.69, 9.17) is 0 Å². The lowest BCUT2D eigenvalue weighted by Crippen LogP contribution is -2.17. The quantitative estimate of drug-likeness (QED) is 0.619. The molecule has 1 nitrogen and oxygen atoms in total. The van der Waals surface area contributed by atoms with Crippen LogP contribution in [0.3, 0.4) is 0 Å². The van der Waals surface area contributed by atoms with E-state index in [-0.39, 0.29) is 11.0 Å². The van der Waals surface area contributed by atoms with Crippen molar-refractivity contribution in [2.75, 3.05) is 0 Å². The van der Waals surface area contributed by atoms with E-state index in [1.54, 1.807) is 11.1 Å². The lowest BCUT2D eigenvalue weighted by molar-refractivity contribution is 0.0897. The van der Waals surface area contributed by atoms with E-state index in [0.717, 1.165) is 6.42 Å². The largest absolute Gasteiger partial charge is 0.389 e. The molecule has 90 valence electrons. The zero-order valence-electron chi connectivity index (χ0n) is 11.0. The highest BCUT2D eigenvalue weighted by Crippen LogP contribution is 2.71. The zero-order chi connectivity index (χ0) is 11.7. The molecule has 4 atom stereocenters. The maximum absolute atomic E-state index is 10.8. The Bertz CT molecular complexity index is 366. The number of allylic oxidation sites excluding steroid dienone is 1. The number of hydrogen-bond donors (Lipinski definition) is 1. The van der Waals surface area contributed by atoms with Gasteiger partial charge in [0.25, 0.3) is 0 Å². The first-order valence-electron chi connectivity index (χ1n) is 6.85. The van der Waals surface area contributed by atoms with Crippen molar-refractivity contribution >= 4 is 0 Å². The van der Waals surface area contributed by atoms with Gasteiger partial charge >= 0.3 is 0 Å². The van der Waals surface area contributed by atoms with Gasteiger partial charge in [0.2, 0.25) is 0 Å². The molecule has 1 fully saturated rings. The second-order valence-corrected chi connectivity index (χ2v) is 6.94. The molecule has 0 saturated heterocycles. The molecule has 1 saturated carbocycles. The van der Waals surface area contributed by atoms with Crippen molar-refractivity contribution in [3.8, 4) is 0 Å². The molecule has 16 heavy (non-hydrogen) atoms. The second kappa shape index (κ2) is 2.93. The Labute approximate surface area is 98.9 Å². The summed E-state index contributed by atoms with van der Waals surface area (Å²) in [5.41, 5.74) is 3.11. The Kier molecular flexibility index (Phi) is 1.98. The van der Waals surface area contributed by atoms with Crippen molar-refractivity contribution < 1.29 is 5.11 Å². The first kappa shape index (κ1) is 10.8. The van der Waals surface area contributed by atoms with Gasteiger partial charge in [0.1, 0.15) is 0 Å². The van der Waals surface area contributed by atoms with Gasteiger partial charge in [0.05, 0.1) is 5.60 Å². The smallest absolute Gasteiger partial charge is 0.0776 e. The predicted octanol–water partition coefficient (Wildman–Crippen LogP) is 3.53. The van der Waals surface area contributed by atoms with Crippen LogP contribution in [0, 0.1) is 23.2 Å². The molecule has 0 amide bonds. The highest BCUT2D eigenvalue weighted by atomic mass is 16.3. The number of hydrogen-bond acceptors (Lipinski definition) is 1. The summed E-state index contributed by atoms with van der Waals surface area (Å²) in [5.74, 6) is 1.90. The summed E-state index contributed by atoms with van der Waals surface area (Å²) < 4.78 is 0. The molecule has 4 unspecified atom stereocenters. The summed E-state index contributed by atoms with van der Waals surface area (Å²) in [6, 6.07) is 0. The van der Waals surface area contributed by atoms with Gasteiger partial charge < -0.3 is 5.11 Å². The minimum Gasteiger partial charge on any atom is -0.389 e. The van der Waals surface area contributed by atoms with Gasteiger partial charge in [-0.25, -0.2) is 0 Å². The monoisotopic (exact) mass is 220 g/mol. The van der Waals surface area contributed by atoms with Crippen LogP contribution in [0.2, 0.25) is 0 Å². The first-order valence-corrected chi connectivity index (χ1v) is 6.85. The SMILES string of the molecule is CC1CCC2(O)C(C3=C1CCC3C)C2(C)C. The maximum Gasteiger partial charge on any atom is 0.0776 e. The van der Waals surface area contributed by atoms with E-state index < -0.39 is 0 Å². The van der Waals surface area contributed by atoms with E-state index in [0.29, 0.717) is 17.8 Å².